The minimum absolute atomic E-state index is 0.243. The molecule has 192 valence electrons. The number of methoxy groups -OCH3 is 1. The molecule has 1 atom stereocenters. The molecule has 2 aliphatic rings. The molecule has 1 aliphatic heterocycles. The van der Waals surface area contributed by atoms with Crippen LogP contribution in [-0.2, 0) is 17.7 Å². The van der Waals surface area contributed by atoms with Gasteiger partial charge in [0.25, 0.3) is 5.56 Å². The first-order valence-corrected chi connectivity index (χ1v) is 12.6. The van der Waals surface area contributed by atoms with Gasteiger partial charge in [0.1, 0.15) is 5.82 Å². The zero-order chi connectivity index (χ0) is 25.8. The normalized spacial score (nSPS) is 16.6. The number of ether oxygens (including phenoxy) is 1. The van der Waals surface area contributed by atoms with Crippen LogP contribution in [0.3, 0.4) is 0 Å². The summed E-state index contributed by atoms with van der Waals surface area (Å²) in [4.78, 5) is 20.6. The topological polar surface area (TPSA) is 90.5 Å². The Hall–Kier alpha value is -3.51. The molecule has 1 aromatic heterocycles. The summed E-state index contributed by atoms with van der Waals surface area (Å²) in [5.74, 6) is 5.11. The lowest BCUT2D eigenvalue weighted by Crippen LogP contribution is -2.50. The van der Waals surface area contributed by atoms with Gasteiger partial charge in [-0.05, 0) is 48.2 Å². The summed E-state index contributed by atoms with van der Waals surface area (Å²) in [7, 11) is 1.75. The Morgan fingerprint density at radius 2 is 1.92 bits per heavy atom. The van der Waals surface area contributed by atoms with Gasteiger partial charge in [0, 0.05) is 62.8 Å². The highest BCUT2D eigenvalue weighted by atomic mass is 19.1. The average molecular weight is 503 g/mol. The van der Waals surface area contributed by atoms with Gasteiger partial charge < -0.3 is 20.1 Å². The number of aromatic amines is 1. The molecule has 0 radical (unpaired) electrons. The van der Waals surface area contributed by atoms with Crippen molar-refractivity contribution in [3.63, 3.8) is 0 Å². The number of hydrogen-bond acceptors (Lipinski definition) is 6. The van der Waals surface area contributed by atoms with Crippen LogP contribution in [-0.4, -0.2) is 58.9 Å². The summed E-state index contributed by atoms with van der Waals surface area (Å²) in [6.45, 7) is 3.33. The minimum atomic E-state index is -0.599. The molecule has 2 aromatic carbocycles. The second-order valence-corrected chi connectivity index (χ2v) is 9.85. The Kier molecular flexibility index (Phi) is 7.65. The molecule has 37 heavy (non-hydrogen) atoms. The first kappa shape index (κ1) is 25.2. The molecule has 1 saturated heterocycles. The molecular formula is C29H31FN4O3. The molecule has 3 aromatic rings. The number of benzene rings is 2. The van der Waals surface area contributed by atoms with Crippen molar-refractivity contribution in [3.05, 3.63) is 92.9 Å². The molecule has 0 bridgehead atoms. The van der Waals surface area contributed by atoms with Crippen LogP contribution in [0.1, 0.15) is 46.7 Å². The monoisotopic (exact) mass is 502 g/mol. The fraction of sp³-hybridized carbons (Fsp3) is 0.379. The number of aromatic hydroxyl groups is 1. The summed E-state index contributed by atoms with van der Waals surface area (Å²) in [5, 5.41) is 13.6. The molecule has 3 N–H and O–H groups in total. The van der Waals surface area contributed by atoms with E-state index in [1.165, 1.54) is 18.0 Å². The summed E-state index contributed by atoms with van der Waals surface area (Å²) in [6, 6.07) is 13.6. The second-order valence-electron chi connectivity index (χ2n) is 9.85. The third-order valence-corrected chi connectivity index (χ3v) is 6.98. The van der Waals surface area contributed by atoms with Crippen LogP contribution in [0.15, 0.2) is 53.6 Å². The predicted octanol–water partition coefficient (Wildman–Crippen LogP) is 2.92. The zero-order valence-electron chi connectivity index (χ0n) is 20.8. The molecular weight excluding hydrogens is 471 g/mol. The molecule has 5 rings (SSSR count). The van der Waals surface area contributed by atoms with Crippen molar-refractivity contribution in [2.75, 3.05) is 26.7 Å². The summed E-state index contributed by atoms with van der Waals surface area (Å²) < 4.78 is 20.6. The molecule has 1 saturated carbocycles. The number of likely N-dealkylation sites (tertiary alicyclic amines) is 1. The van der Waals surface area contributed by atoms with E-state index in [-0.39, 0.29) is 23.8 Å². The third-order valence-electron chi connectivity index (χ3n) is 6.98. The van der Waals surface area contributed by atoms with Crippen molar-refractivity contribution >= 4 is 0 Å². The van der Waals surface area contributed by atoms with Gasteiger partial charge in [0.05, 0.1) is 18.1 Å². The Labute approximate surface area is 215 Å². The highest BCUT2D eigenvalue weighted by Gasteiger charge is 2.26. The van der Waals surface area contributed by atoms with Gasteiger partial charge in [-0.15, -0.1) is 0 Å². The van der Waals surface area contributed by atoms with Crippen molar-refractivity contribution in [2.24, 2.45) is 0 Å². The zero-order valence-corrected chi connectivity index (χ0v) is 20.8. The number of hydrogen-bond donors (Lipinski definition) is 3. The molecule has 7 nitrogen and oxygen atoms in total. The van der Waals surface area contributed by atoms with Gasteiger partial charge in [-0.25, -0.2) is 9.37 Å². The van der Waals surface area contributed by atoms with E-state index in [9.17, 15) is 9.90 Å². The average Bonchev–Trinajstić information content (AvgIpc) is 3.70. The lowest BCUT2D eigenvalue weighted by atomic mass is 9.92. The van der Waals surface area contributed by atoms with Crippen molar-refractivity contribution in [1.29, 1.82) is 0 Å². The molecule has 8 heteroatoms. The van der Waals surface area contributed by atoms with Crippen LogP contribution in [0.4, 0.5) is 4.39 Å². The maximum absolute atomic E-state index is 15.3. The van der Waals surface area contributed by atoms with E-state index in [0.29, 0.717) is 29.8 Å². The highest BCUT2D eigenvalue weighted by molar-refractivity contribution is 5.45. The fourth-order valence-electron chi connectivity index (χ4n) is 4.53. The number of H-pyrrole nitrogens is 1. The van der Waals surface area contributed by atoms with Crippen LogP contribution in [0, 0.1) is 17.7 Å². The van der Waals surface area contributed by atoms with Crippen LogP contribution in [0.2, 0.25) is 0 Å². The van der Waals surface area contributed by atoms with E-state index in [1.54, 1.807) is 13.2 Å². The van der Waals surface area contributed by atoms with Gasteiger partial charge in [-0.3, -0.25) is 9.69 Å². The first-order chi connectivity index (χ1) is 18.0. The van der Waals surface area contributed by atoms with Crippen molar-refractivity contribution in [1.82, 2.24) is 20.2 Å². The lowest BCUT2D eigenvalue weighted by molar-refractivity contribution is -0.0333. The first-order valence-electron chi connectivity index (χ1n) is 12.6. The Morgan fingerprint density at radius 1 is 1.19 bits per heavy atom. The fourth-order valence-corrected chi connectivity index (χ4v) is 4.53. The van der Waals surface area contributed by atoms with Gasteiger partial charge in [-0.1, -0.05) is 30.0 Å². The van der Waals surface area contributed by atoms with E-state index >= 15 is 4.39 Å². The maximum Gasteiger partial charge on any atom is 0.293 e. The summed E-state index contributed by atoms with van der Waals surface area (Å²) >= 11 is 0. The van der Waals surface area contributed by atoms with E-state index in [0.717, 1.165) is 38.0 Å². The molecule has 0 spiro atoms. The number of nitrogens with zero attached hydrogens (tertiary/aromatic N) is 2. The quantitative estimate of drug-likeness (QED) is 0.390. The van der Waals surface area contributed by atoms with Gasteiger partial charge in [0.2, 0.25) is 5.75 Å². The van der Waals surface area contributed by atoms with Gasteiger partial charge >= 0.3 is 0 Å². The maximum atomic E-state index is 15.3. The standard InChI is InChI=1S/C29H31FN4O3/c1-37-24-16-34(17-24)15-21-6-3-19(4-7-21)2-5-20-8-11-25(26(30)12-20)22(14-31-23-9-10-23)13-27-28(35)29(36)33-18-32-27/h3-4,6-8,11-12,18,22-24,31,35H,9-10,13-17H2,1H3,(H,32,33,36)/t22-/m1/s1. The van der Waals surface area contributed by atoms with Crippen LogP contribution >= 0.6 is 0 Å². The lowest BCUT2D eigenvalue weighted by Gasteiger charge is -2.38. The van der Waals surface area contributed by atoms with Crippen molar-refractivity contribution in [3.8, 4) is 17.6 Å². The van der Waals surface area contributed by atoms with E-state index in [4.69, 9.17) is 4.74 Å². The highest BCUT2D eigenvalue weighted by Crippen LogP contribution is 2.27. The SMILES string of the molecule is COC1CN(Cc2ccc(C#Cc3ccc([C@@H](CNC4CC4)Cc4nc[nH]c(=O)c4O)c(F)c3)cc2)C1. The Morgan fingerprint density at radius 3 is 2.62 bits per heavy atom. The van der Waals surface area contributed by atoms with Crippen molar-refractivity contribution in [2.45, 2.75) is 43.9 Å². The Bertz CT molecular complexity index is 1350. The molecule has 0 amide bonds. The molecule has 2 fully saturated rings. The van der Waals surface area contributed by atoms with Crippen molar-refractivity contribution < 1.29 is 14.2 Å². The predicted molar refractivity (Wildman–Crippen MR) is 139 cm³/mol. The second kappa shape index (κ2) is 11.3. The molecule has 0 unspecified atom stereocenters. The summed E-state index contributed by atoms with van der Waals surface area (Å²) in [6.07, 6.45) is 4.05. The molecule has 2 heterocycles. The van der Waals surface area contributed by atoms with E-state index in [1.807, 2.05) is 18.2 Å². The van der Waals surface area contributed by atoms with Crippen LogP contribution < -0.4 is 10.9 Å². The number of aromatic nitrogens is 2. The van der Waals surface area contributed by atoms with Crippen LogP contribution in [0.25, 0.3) is 0 Å². The van der Waals surface area contributed by atoms with Crippen LogP contribution in [0.5, 0.6) is 5.75 Å². The van der Waals surface area contributed by atoms with E-state index in [2.05, 4.69) is 44.2 Å². The number of rotatable bonds is 9. The number of halogens is 1. The van der Waals surface area contributed by atoms with Gasteiger partial charge in [0.15, 0.2) is 0 Å². The minimum Gasteiger partial charge on any atom is -0.502 e. The smallest absolute Gasteiger partial charge is 0.293 e. The van der Waals surface area contributed by atoms with Gasteiger partial charge in [-0.2, -0.15) is 0 Å². The third kappa shape index (κ3) is 6.44. The summed E-state index contributed by atoms with van der Waals surface area (Å²) in [5.41, 5.74) is 2.84. The molecule has 1 aliphatic carbocycles. The largest absolute Gasteiger partial charge is 0.502 e. The Balaban J connectivity index is 1.27. The van der Waals surface area contributed by atoms with E-state index < -0.39 is 11.3 Å². The number of nitrogens with one attached hydrogen (secondary N) is 2.